The van der Waals surface area contributed by atoms with Gasteiger partial charge in [0.2, 0.25) is 0 Å². The number of carbonyl (C=O) groups excluding carboxylic acids is 1. The molecule has 0 spiro atoms. The molecule has 2 aromatic carbocycles. The fraction of sp³-hybridized carbons (Fsp3) is 0.227. The second-order valence-corrected chi connectivity index (χ2v) is 6.33. The molecule has 0 aliphatic rings. The van der Waals surface area contributed by atoms with Crippen molar-refractivity contribution in [2.45, 2.75) is 13.3 Å². The summed E-state index contributed by atoms with van der Waals surface area (Å²) in [7, 11) is 3.22. The third-order valence-corrected chi connectivity index (χ3v) is 4.32. The third kappa shape index (κ3) is 5.22. The van der Waals surface area contributed by atoms with Gasteiger partial charge in [0.15, 0.2) is 0 Å². The Hall–Kier alpha value is -3.61. The summed E-state index contributed by atoms with van der Waals surface area (Å²) < 4.78 is 10.7. The lowest BCUT2D eigenvalue weighted by atomic mass is 10.1. The van der Waals surface area contributed by atoms with Crippen molar-refractivity contribution in [3.8, 4) is 11.5 Å². The molecule has 0 bridgehead atoms. The lowest BCUT2D eigenvalue weighted by Gasteiger charge is -2.12. The van der Waals surface area contributed by atoms with E-state index < -0.39 is 0 Å². The maximum atomic E-state index is 12.7. The molecule has 0 saturated carbocycles. The first-order chi connectivity index (χ1) is 14.1. The lowest BCUT2D eigenvalue weighted by Crippen LogP contribution is -2.16. The number of ether oxygens (including phenoxy) is 2. The van der Waals surface area contributed by atoms with E-state index in [1.165, 1.54) is 0 Å². The van der Waals surface area contributed by atoms with Crippen LogP contribution in [0.5, 0.6) is 11.5 Å². The molecule has 29 heavy (non-hydrogen) atoms. The molecule has 0 aliphatic carbocycles. The largest absolute Gasteiger partial charge is 0.496 e. The molecule has 2 N–H and O–H groups in total. The summed E-state index contributed by atoms with van der Waals surface area (Å²) in [5.41, 5.74) is 1.97. The van der Waals surface area contributed by atoms with Crippen molar-refractivity contribution in [2.24, 2.45) is 0 Å². The van der Waals surface area contributed by atoms with E-state index in [1.807, 2.05) is 36.4 Å². The zero-order valence-electron chi connectivity index (χ0n) is 16.7. The molecule has 0 atom stereocenters. The molecular formula is C22H24N4O3. The van der Waals surface area contributed by atoms with Crippen LogP contribution < -0.4 is 20.1 Å². The number of benzene rings is 2. The molecule has 0 fully saturated rings. The second-order valence-electron chi connectivity index (χ2n) is 6.33. The first-order valence-electron chi connectivity index (χ1n) is 9.26. The number of carbonyl (C=O) groups is 1. The maximum absolute atomic E-state index is 12.7. The normalized spacial score (nSPS) is 10.3. The number of nitrogens with one attached hydrogen (secondary N) is 2. The average Bonchev–Trinajstić information content (AvgIpc) is 2.74. The van der Waals surface area contributed by atoms with Crippen LogP contribution in [0.2, 0.25) is 0 Å². The van der Waals surface area contributed by atoms with Crippen LogP contribution in [0.3, 0.4) is 0 Å². The molecule has 7 heteroatoms. The summed E-state index contributed by atoms with van der Waals surface area (Å²) in [4.78, 5) is 21.3. The zero-order valence-corrected chi connectivity index (χ0v) is 16.7. The number of amides is 1. The van der Waals surface area contributed by atoms with Gasteiger partial charge < -0.3 is 20.1 Å². The number of methoxy groups -OCH3 is 2. The van der Waals surface area contributed by atoms with Gasteiger partial charge in [0.05, 0.1) is 19.9 Å². The summed E-state index contributed by atoms with van der Waals surface area (Å²) in [6, 6.07) is 16.7. The lowest BCUT2D eigenvalue weighted by molar-refractivity contribution is 0.102. The molecule has 3 rings (SSSR count). The number of aromatic nitrogens is 2. The highest BCUT2D eigenvalue weighted by Gasteiger charge is 2.13. The van der Waals surface area contributed by atoms with Crippen LogP contribution in [0.4, 0.5) is 11.5 Å². The van der Waals surface area contributed by atoms with E-state index in [-0.39, 0.29) is 11.6 Å². The van der Waals surface area contributed by atoms with E-state index >= 15 is 0 Å². The van der Waals surface area contributed by atoms with Crippen molar-refractivity contribution in [3.63, 3.8) is 0 Å². The highest BCUT2D eigenvalue weighted by Crippen LogP contribution is 2.24. The van der Waals surface area contributed by atoms with E-state index in [0.29, 0.717) is 29.6 Å². The van der Waals surface area contributed by atoms with Crippen molar-refractivity contribution < 1.29 is 14.3 Å². The van der Waals surface area contributed by atoms with Crippen molar-refractivity contribution in [3.05, 3.63) is 71.7 Å². The zero-order chi connectivity index (χ0) is 20.6. The maximum Gasteiger partial charge on any atom is 0.274 e. The summed E-state index contributed by atoms with van der Waals surface area (Å²) >= 11 is 0. The SMILES string of the molecule is COc1ccccc1CCNc1cc(C(=O)Nc2ccccc2OC)nc(C)n1. The van der Waals surface area contributed by atoms with Gasteiger partial charge >= 0.3 is 0 Å². The Morgan fingerprint density at radius 1 is 0.966 bits per heavy atom. The second kappa shape index (κ2) is 9.54. The number of hydrogen-bond donors (Lipinski definition) is 2. The molecule has 1 heterocycles. The third-order valence-electron chi connectivity index (χ3n) is 4.32. The highest BCUT2D eigenvalue weighted by atomic mass is 16.5. The molecule has 1 amide bonds. The fourth-order valence-corrected chi connectivity index (χ4v) is 2.94. The minimum absolute atomic E-state index is 0.281. The number of para-hydroxylation sites is 3. The molecule has 0 saturated heterocycles. The summed E-state index contributed by atoms with van der Waals surface area (Å²) in [5, 5.41) is 6.09. The van der Waals surface area contributed by atoms with Gasteiger partial charge in [0.25, 0.3) is 5.91 Å². The van der Waals surface area contributed by atoms with Gasteiger partial charge in [-0.1, -0.05) is 30.3 Å². The van der Waals surface area contributed by atoms with E-state index in [1.54, 1.807) is 39.3 Å². The molecule has 7 nitrogen and oxygen atoms in total. The summed E-state index contributed by atoms with van der Waals surface area (Å²) in [5.74, 6) is 2.22. The molecule has 3 aromatic rings. The van der Waals surface area contributed by atoms with E-state index in [4.69, 9.17) is 9.47 Å². The van der Waals surface area contributed by atoms with Crippen molar-refractivity contribution in [2.75, 3.05) is 31.4 Å². The minimum atomic E-state index is -0.326. The smallest absolute Gasteiger partial charge is 0.274 e. The Balaban J connectivity index is 1.68. The quantitative estimate of drug-likeness (QED) is 0.608. The van der Waals surface area contributed by atoms with Gasteiger partial charge in [-0.2, -0.15) is 0 Å². The Kier molecular flexibility index (Phi) is 6.63. The molecule has 1 aromatic heterocycles. The minimum Gasteiger partial charge on any atom is -0.496 e. The summed E-state index contributed by atoms with van der Waals surface area (Å²) in [6.45, 7) is 2.40. The van der Waals surface area contributed by atoms with E-state index in [0.717, 1.165) is 17.7 Å². The van der Waals surface area contributed by atoms with E-state index in [9.17, 15) is 4.79 Å². The number of rotatable bonds is 8. The first-order valence-corrected chi connectivity index (χ1v) is 9.26. The number of nitrogens with zero attached hydrogens (tertiary/aromatic N) is 2. The van der Waals surface area contributed by atoms with Gasteiger partial charge in [-0.3, -0.25) is 4.79 Å². The molecule has 150 valence electrons. The average molecular weight is 392 g/mol. The molecule has 0 aliphatic heterocycles. The van der Waals surface area contributed by atoms with Crippen molar-refractivity contribution in [1.82, 2.24) is 9.97 Å². The number of anilines is 2. The van der Waals surface area contributed by atoms with E-state index in [2.05, 4.69) is 20.6 Å². The summed E-state index contributed by atoms with van der Waals surface area (Å²) in [6.07, 6.45) is 0.760. The van der Waals surface area contributed by atoms with Gasteiger partial charge in [-0.25, -0.2) is 9.97 Å². The molecule has 0 unspecified atom stereocenters. The van der Waals surface area contributed by atoms with Gasteiger partial charge in [-0.15, -0.1) is 0 Å². The molecular weight excluding hydrogens is 368 g/mol. The van der Waals surface area contributed by atoms with Crippen LogP contribution in [-0.2, 0) is 6.42 Å². The van der Waals surface area contributed by atoms with Crippen LogP contribution in [0.25, 0.3) is 0 Å². The van der Waals surface area contributed by atoms with Crippen LogP contribution in [0.1, 0.15) is 21.9 Å². The van der Waals surface area contributed by atoms with Crippen LogP contribution >= 0.6 is 0 Å². The Morgan fingerprint density at radius 3 is 2.41 bits per heavy atom. The predicted molar refractivity (Wildman–Crippen MR) is 113 cm³/mol. The monoisotopic (exact) mass is 392 g/mol. The standard InChI is InChI=1S/C22H24N4O3/c1-15-24-18(22(27)26-17-9-5-7-11-20(17)29-3)14-21(25-15)23-13-12-16-8-4-6-10-19(16)28-2/h4-11,14H,12-13H2,1-3H3,(H,26,27)(H,23,24,25). The van der Waals surface area contributed by atoms with Crippen LogP contribution in [0, 0.1) is 6.92 Å². The van der Waals surface area contributed by atoms with Crippen LogP contribution in [-0.4, -0.2) is 36.6 Å². The van der Waals surface area contributed by atoms with Crippen LogP contribution in [0.15, 0.2) is 54.6 Å². The Morgan fingerprint density at radius 2 is 1.66 bits per heavy atom. The van der Waals surface area contributed by atoms with Gasteiger partial charge in [0.1, 0.15) is 28.8 Å². The predicted octanol–water partition coefficient (Wildman–Crippen LogP) is 3.71. The number of aryl methyl sites for hydroxylation is 1. The van der Waals surface area contributed by atoms with Gasteiger partial charge in [0, 0.05) is 12.6 Å². The first kappa shape index (κ1) is 20.1. The number of hydrogen-bond acceptors (Lipinski definition) is 6. The topological polar surface area (TPSA) is 85.4 Å². The van der Waals surface area contributed by atoms with Crippen molar-refractivity contribution in [1.29, 1.82) is 0 Å². The Labute approximate surface area is 170 Å². The highest BCUT2D eigenvalue weighted by molar-refractivity contribution is 6.04. The van der Waals surface area contributed by atoms with Gasteiger partial charge in [-0.05, 0) is 37.1 Å². The Bertz CT molecular complexity index is 991. The fourth-order valence-electron chi connectivity index (χ4n) is 2.94. The molecule has 0 radical (unpaired) electrons. The van der Waals surface area contributed by atoms with Crippen molar-refractivity contribution >= 4 is 17.4 Å².